The smallest absolute Gasteiger partial charge is 0.0445 e. The monoisotopic (exact) mass is 257 g/mol. The van der Waals surface area contributed by atoms with E-state index in [-0.39, 0.29) is 12.1 Å². The molecule has 0 aromatic carbocycles. The highest BCUT2D eigenvalue weighted by Crippen LogP contribution is 2.26. The number of likely N-dealkylation sites (N-methyl/N-ethyl adjacent to an activating group) is 1. The van der Waals surface area contributed by atoms with Gasteiger partial charge in [-0.1, -0.05) is 6.92 Å². The Labute approximate surface area is 112 Å². The Kier molecular flexibility index (Phi) is 6.57. The molecule has 0 spiro atoms. The lowest BCUT2D eigenvalue weighted by Crippen LogP contribution is -2.58. The first-order valence-corrected chi connectivity index (χ1v) is 7.28. The summed E-state index contributed by atoms with van der Waals surface area (Å²) in [5.41, 5.74) is 0.287. The number of likely N-dealkylation sites (tertiary alicyclic amines) is 1. The minimum Gasteiger partial charge on any atom is -0.396 e. The molecule has 0 aromatic rings. The number of aliphatic hydroxyl groups is 1. The molecule has 0 aliphatic carbocycles. The summed E-state index contributed by atoms with van der Waals surface area (Å²) in [6, 6.07) is 0.399. The van der Waals surface area contributed by atoms with Crippen LogP contribution in [0.5, 0.6) is 0 Å². The Hall–Kier alpha value is -0.160. The van der Waals surface area contributed by atoms with E-state index in [1.807, 2.05) is 0 Å². The lowest BCUT2D eigenvalue weighted by atomic mass is 9.85. The van der Waals surface area contributed by atoms with Gasteiger partial charge in [-0.2, -0.15) is 0 Å². The van der Waals surface area contributed by atoms with Gasteiger partial charge in [-0.15, -0.1) is 0 Å². The van der Waals surface area contributed by atoms with E-state index in [2.05, 4.69) is 43.1 Å². The Bertz CT molecular complexity index is 225. The fraction of sp³-hybridized carbons (Fsp3) is 1.00. The van der Waals surface area contributed by atoms with Crippen LogP contribution in [0.25, 0.3) is 0 Å². The van der Waals surface area contributed by atoms with E-state index < -0.39 is 0 Å². The van der Waals surface area contributed by atoms with E-state index in [4.69, 9.17) is 5.11 Å². The van der Waals surface area contributed by atoms with Crippen molar-refractivity contribution in [2.24, 2.45) is 0 Å². The SMILES string of the molecule is CCN1CCC(CNC(C)CCO)(N(C)C)CC1. The van der Waals surface area contributed by atoms with Gasteiger partial charge in [0.25, 0.3) is 0 Å². The van der Waals surface area contributed by atoms with E-state index in [9.17, 15) is 0 Å². The third-order valence-corrected chi connectivity index (χ3v) is 4.52. The molecule has 1 atom stereocenters. The maximum atomic E-state index is 8.96. The first-order valence-electron chi connectivity index (χ1n) is 7.28. The number of hydrogen-bond donors (Lipinski definition) is 2. The second-order valence-electron chi connectivity index (χ2n) is 5.85. The van der Waals surface area contributed by atoms with E-state index in [1.165, 1.54) is 25.9 Å². The highest BCUT2D eigenvalue weighted by molar-refractivity contribution is 4.95. The summed E-state index contributed by atoms with van der Waals surface area (Å²) < 4.78 is 0. The molecule has 108 valence electrons. The molecule has 4 heteroatoms. The van der Waals surface area contributed by atoms with Gasteiger partial charge in [0.2, 0.25) is 0 Å². The van der Waals surface area contributed by atoms with Crippen LogP contribution in [0.15, 0.2) is 0 Å². The number of aliphatic hydroxyl groups excluding tert-OH is 1. The molecule has 0 saturated carbocycles. The van der Waals surface area contributed by atoms with Crippen LogP contribution in [0.3, 0.4) is 0 Å². The molecule has 0 amide bonds. The van der Waals surface area contributed by atoms with Crippen molar-refractivity contribution in [2.45, 2.75) is 44.7 Å². The molecular weight excluding hydrogens is 226 g/mol. The number of piperidine rings is 1. The van der Waals surface area contributed by atoms with Gasteiger partial charge in [0, 0.05) is 24.7 Å². The van der Waals surface area contributed by atoms with Crippen LogP contribution in [0, 0.1) is 0 Å². The van der Waals surface area contributed by atoms with Crippen LogP contribution < -0.4 is 5.32 Å². The average molecular weight is 257 g/mol. The maximum Gasteiger partial charge on any atom is 0.0445 e. The van der Waals surface area contributed by atoms with Crippen LogP contribution in [-0.2, 0) is 0 Å². The van der Waals surface area contributed by atoms with Gasteiger partial charge in [0.1, 0.15) is 0 Å². The molecule has 1 aliphatic rings. The average Bonchev–Trinajstić information content (AvgIpc) is 2.37. The molecule has 1 saturated heterocycles. The molecule has 2 N–H and O–H groups in total. The topological polar surface area (TPSA) is 38.7 Å². The summed E-state index contributed by atoms with van der Waals surface area (Å²) in [4.78, 5) is 4.91. The molecule has 4 nitrogen and oxygen atoms in total. The molecule has 1 aliphatic heterocycles. The van der Waals surface area contributed by atoms with Gasteiger partial charge >= 0.3 is 0 Å². The Morgan fingerprint density at radius 2 is 1.94 bits per heavy atom. The van der Waals surface area contributed by atoms with Gasteiger partial charge in [-0.25, -0.2) is 0 Å². The summed E-state index contributed by atoms with van der Waals surface area (Å²) in [6.07, 6.45) is 3.30. The lowest BCUT2D eigenvalue weighted by Gasteiger charge is -2.46. The number of nitrogens with one attached hydrogen (secondary N) is 1. The molecule has 0 bridgehead atoms. The molecule has 0 aromatic heterocycles. The summed E-state index contributed by atoms with van der Waals surface area (Å²) in [5, 5.41) is 12.5. The first-order chi connectivity index (χ1) is 8.54. The molecule has 0 radical (unpaired) electrons. The number of hydrogen-bond acceptors (Lipinski definition) is 4. The minimum atomic E-state index is 0.271. The molecule has 18 heavy (non-hydrogen) atoms. The maximum absolute atomic E-state index is 8.96. The normalized spacial score (nSPS) is 22.3. The van der Waals surface area contributed by atoms with Crippen molar-refractivity contribution in [3.05, 3.63) is 0 Å². The Balaban J connectivity index is 2.49. The van der Waals surface area contributed by atoms with Crippen LogP contribution in [-0.4, -0.2) is 73.4 Å². The fourth-order valence-electron chi connectivity index (χ4n) is 2.73. The largest absolute Gasteiger partial charge is 0.396 e. The van der Waals surface area contributed by atoms with Gasteiger partial charge in [-0.3, -0.25) is 0 Å². The van der Waals surface area contributed by atoms with Crippen molar-refractivity contribution in [1.82, 2.24) is 15.1 Å². The van der Waals surface area contributed by atoms with E-state index in [0.29, 0.717) is 6.04 Å². The van der Waals surface area contributed by atoms with Crippen molar-refractivity contribution in [1.29, 1.82) is 0 Å². The van der Waals surface area contributed by atoms with E-state index in [1.54, 1.807) is 0 Å². The molecule has 1 unspecified atom stereocenters. The van der Waals surface area contributed by atoms with Crippen LogP contribution in [0.2, 0.25) is 0 Å². The lowest BCUT2D eigenvalue weighted by molar-refractivity contribution is 0.0554. The van der Waals surface area contributed by atoms with Crippen molar-refractivity contribution < 1.29 is 5.11 Å². The van der Waals surface area contributed by atoms with Gasteiger partial charge in [-0.05, 0) is 59.9 Å². The molecule has 1 heterocycles. The van der Waals surface area contributed by atoms with Gasteiger partial charge < -0.3 is 20.2 Å². The fourth-order valence-corrected chi connectivity index (χ4v) is 2.73. The summed E-state index contributed by atoms with van der Waals surface area (Å²) >= 11 is 0. The Morgan fingerprint density at radius 1 is 1.33 bits per heavy atom. The highest BCUT2D eigenvalue weighted by Gasteiger charge is 2.36. The highest BCUT2D eigenvalue weighted by atomic mass is 16.3. The van der Waals surface area contributed by atoms with Crippen LogP contribution >= 0.6 is 0 Å². The second kappa shape index (κ2) is 7.43. The van der Waals surface area contributed by atoms with Crippen molar-refractivity contribution in [3.63, 3.8) is 0 Å². The van der Waals surface area contributed by atoms with Crippen molar-refractivity contribution >= 4 is 0 Å². The van der Waals surface area contributed by atoms with Gasteiger partial charge in [0.05, 0.1) is 0 Å². The van der Waals surface area contributed by atoms with Crippen LogP contribution in [0.4, 0.5) is 0 Å². The summed E-state index contributed by atoms with van der Waals surface area (Å²) in [5.74, 6) is 0. The van der Waals surface area contributed by atoms with Gasteiger partial charge in [0.15, 0.2) is 0 Å². The third kappa shape index (κ3) is 4.19. The molecule has 1 fully saturated rings. The van der Waals surface area contributed by atoms with Crippen molar-refractivity contribution in [2.75, 3.05) is 46.9 Å². The van der Waals surface area contributed by atoms with Crippen LogP contribution in [0.1, 0.15) is 33.1 Å². The first kappa shape index (κ1) is 15.9. The summed E-state index contributed by atoms with van der Waals surface area (Å²) in [6.45, 7) is 9.25. The second-order valence-corrected chi connectivity index (χ2v) is 5.85. The molecular formula is C14H31N3O. The number of rotatable bonds is 7. The van der Waals surface area contributed by atoms with E-state index >= 15 is 0 Å². The predicted octanol–water partition coefficient (Wildman–Crippen LogP) is 0.763. The Morgan fingerprint density at radius 3 is 2.39 bits per heavy atom. The third-order valence-electron chi connectivity index (χ3n) is 4.52. The minimum absolute atomic E-state index is 0.271. The van der Waals surface area contributed by atoms with Crippen molar-refractivity contribution in [3.8, 4) is 0 Å². The summed E-state index contributed by atoms with van der Waals surface area (Å²) in [7, 11) is 4.39. The predicted molar refractivity (Wildman–Crippen MR) is 76.9 cm³/mol. The number of nitrogens with zero attached hydrogens (tertiary/aromatic N) is 2. The zero-order valence-corrected chi connectivity index (χ0v) is 12.6. The zero-order valence-electron chi connectivity index (χ0n) is 12.6. The quantitative estimate of drug-likeness (QED) is 0.706. The standard InChI is InChI=1S/C14H31N3O/c1-5-17-9-7-14(8-10-17,16(3)4)12-15-13(2)6-11-18/h13,15,18H,5-12H2,1-4H3. The molecule has 1 rings (SSSR count). The van der Waals surface area contributed by atoms with E-state index in [0.717, 1.165) is 19.5 Å². The zero-order chi connectivity index (χ0) is 13.6.